The van der Waals surface area contributed by atoms with Crippen LogP contribution in [0.25, 0.3) is 0 Å². The predicted molar refractivity (Wildman–Crippen MR) is 125 cm³/mol. The van der Waals surface area contributed by atoms with Crippen LogP contribution in [0.3, 0.4) is 0 Å². The normalized spacial score (nSPS) is 23.5. The van der Waals surface area contributed by atoms with Crippen LogP contribution >= 0.6 is 0 Å². The summed E-state index contributed by atoms with van der Waals surface area (Å²) in [6.07, 6.45) is 3.00. The van der Waals surface area contributed by atoms with Gasteiger partial charge >= 0.3 is 5.97 Å². The summed E-state index contributed by atoms with van der Waals surface area (Å²) in [6.45, 7) is 3.93. The van der Waals surface area contributed by atoms with Crippen molar-refractivity contribution in [3.63, 3.8) is 0 Å². The van der Waals surface area contributed by atoms with Gasteiger partial charge in [-0.15, -0.1) is 0 Å². The zero-order valence-electron chi connectivity index (χ0n) is 19.6. The maximum Gasteiger partial charge on any atom is 0.310 e. The summed E-state index contributed by atoms with van der Waals surface area (Å²) < 4.78 is 33.1. The lowest BCUT2D eigenvalue weighted by atomic mass is 9.87. The van der Waals surface area contributed by atoms with Crippen LogP contribution in [0.4, 0.5) is 8.78 Å². The maximum atomic E-state index is 14.5. The molecule has 2 aliphatic heterocycles. The number of carbonyl (C=O) groups is 2. The number of rotatable bonds is 6. The molecule has 2 saturated heterocycles. The van der Waals surface area contributed by atoms with E-state index in [1.165, 1.54) is 12.1 Å². The van der Waals surface area contributed by atoms with Crippen molar-refractivity contribution in [2.24, 2.45) is 11.8 Å². The second-order valence-electron chi connectivity index (χ2n) is 9.24. The van der Waals surface area contributed by atoms with Crippen molar-refractivity contribution in [3.05, 3.63) is 71.3 Å². The summed E-state index contributed by atoms with van der Waals surface area (Å²) >= 11 is 0. The van der Waals surface area contributed by atoms with E-state index >= 15 is 0 Å². The second kappa shape index (κ2) is 11.1. The van der Waals surface area contributed by atoms with Gasteiger partial charge in [0.2, 0.25) is 5.91 Å². The zero-order chi connectivity index (χ0) is 24.1. The van der Waals surface area contributed by atoms with Gasteiger partial charge in [0.15, 0.2) is 0 Å². The molecule has 2 fully saturated rings. The molecule has 182 valence electrons. The molecule has 5 nitrogen and oxygen atoms in total. The van der Waals surface area contributed by atoms with E-state index in [4.69, 9.17) is 4.74 Å². The third kappa shape index (κ3) is 5.63. The topological polar surface area (TPSA) is 49.9 Å². The number of carbonyl (C=O) groups excluding carboxylic acids is 2. The molecule has 34 heavy (non-hydrogen) atoms. The van der Waals surface area contributed by atoms with E-state index in [1.807, 2.05) is 18.2 Å². The Morgan fingerprint density at radius 3 is 2.53 bits per heavy atom. The highest BCUT2D eigenvalue weighted by Crippen LogP contribution is 2.36. The first-order valence-electron chi connectivity index (χ1n) is 12.1. The third-order valence-corrected chi connectivity index (χ3v) is 6.96. The summed E-state index contributed by atoms with van der Waals surface area (Å²) in [7, 11) is 0. The first kappa shape index (κ1) is 24.3. The monoisotopic (exact) mass is 470 g/mol. The largest absolute Gasteiger partial charge is 0.466 e. The van der Waals surface area contributed by atoms with Crippen molar-refractivity contribution >= 4 is 11.9 Å². The van der Waals surface area contributed by atoms with Gasteiger partial charge < -0.3 is 9.64 Å². The summed E-state index contributed by atoms with van der Waals surface area (Å²) in [5.74, 6) is -1.87. The van der Waals surface area contributed by atoms with Gasteiger partial charge in [-0.2, -0.15) is 0 Å². The average molecular weight is 471 g/mol. The molecule has 0 N–H and O–H groups in total. The highest BCUT2D eigenvalue weighted by molar-refractivity contribution is 5.81. The van der Waals surface area contributed by atoms with Crippen molar-refractivity contribution in [2.75, 3.05) is 26.2 Å². The minimum Gasteiger partial charge on any atom is -0.466 e. The number of hydrogen-bond acceptors (Lipinski definition) is 4. The molecular formula is C27H32F2N2O3. The van der Waals surface area contributed by atoms with E-state index in [1.54, 1.807) is 11.8 Å². The van der Waals surface area contributed by atoms with Crippen molar-refractivity contribution in [2.45, 2.75) is 45.2 Å². The summed E-state index contributed by atoms with van der Waals surface area (Å²) in [4.78, 5) is 29.6. The third-order valence-electron chi connectivity index (χ3n) is 6.96. The quantitative estimate of drug-likeness (QED) is 0.574. The van der Waals surface area contributed by atoms with Gasteiger partial charge in [0, 0.05) is 43.9 Å². The van der Waals surface area contributed by atoms with E-state index in [0.717, 1.165) is 37.3 Å². The lowest BCUT2D eigenvalue weighted by Crippen LogP contribution is -2.49. The molecule has 2 aliphatic rings. The van der Waals surface area contributed by atoms with E-state index in [0.29, 0.717) is 38.3 Å². The number of amides is 1. The smallest absolute Gasteiger partial charge is 0.310 e. The fraction of sp³-hybridized carbons (Fsp3) is 0.481. The number of hydrogen-bond donors (Lipinski definition) is 0. The van der Waals surface area contributed by atoms with Gasteiger partial charge in [-0.05, 0) is 44.2 Å². The first-order valence-corrected chi connectivity index (χ1v) is 12.1. The molecule has 4 rings (SSSR count). The summed E-state index contributed by atoms with van der Waals surface area (Å²) in [5.41, 5.74) is 1.53. The molecule has 1 amide bonds. The molecule has 2 aromatic carbocycles. The Kier molecular flexibility index (Phi) is 7.93. The number of likely N-dealkylation sites (tertiary alicyclic amines) is 2. The van der Waals surface area contributed by atoms with Crippen LogP contribution in [-0.4, -0.2) is 47.9 Å². The van der Waals surface area contributed by atoms with Gasteiger partial charge in [-0.3, -0.25) is 14.5 Å². The van der Waals surface area contributed by atoms with Gasteiger partial charge in [0.05, 0.1) is 18.4 Å². The highest BCUT2D eigenvalue weighted by Gasteiger charge is 2.37. The molecule has 2 heterocycles. The van der Waals surface area contributed by atoms with Crippen LogP contribution in [-0.2, 0) is 20.9 Å². The maximum absolute atomic E-state index is 14.5. The first-order chi connectivity index (χ1) is 16.5. The van der Waals surface area contributed by atoms with Crippen LogP contribution in [0.1, 0.15) is 49.8 Å². The van der Waals surface area contributed by atoms with Crippen LogP contribution in [0, 0.1) is 23.5 Å². The molecule has 3 atom stereocenters. The molecular weight excluding hydrogens is 438 g/mol. The number of ether oxygens (including phenoxy) is 1. The lowest BCUT2D eigenvalue weighted by Gasteiger charge is -2.42. The minimum atomic E-state index is -0.603. The Labute approximate surface area is 199 Å². The number of esters is 1. The number of benzene rings is 2. The standard InChI is InChI=1S/C27H32F2N2O3/c1-2-34-27(33)22-9-6-14-30(18-22)26(32)21-11-13-25(19-7-4-3-5-8-19)31(17-21)16-20-10-12-23(28)15-24(20)29/h3-5,7-8,10,12,15,21-22,25H,2,6,9,11,13-14,16-18H2,1H3/t21-,22-,25+/m1/s1. The van der Waals surface area contributed by atoms with Crippen molar-refractivity contribution in [3.8, 4) is 0 Å². The van der Waals surface area contributed by atoms with Gasteiger partial charge in [-0.25, -0.2) is 8.78 Å². The molecule has 0 saturated carbocycles. The van der Waals surface area contributed by atoms with Gasteiger partial charge in [-0.1, -0.05) is 36.4 Å². The van der Waals surface area contributed by atoms with E-state index in [2.05, 4.69) is 17.0 Å². The predicted octanol–water partition coefficient (Wildman–Crippen LogP) is 4.72. The fourth-order valence-corrected chi connectivity index (χ4v) is 5.23. The lowest BCUT2D eigenvalue weighted by molar-refractivity contribution is -0.152. The van der Waals surface area contributed by atoms with Gasteiger partial charge in [0.1, 0.15) is 11.6 Å². The number of piperidine rings is 2. The molecule has 2 aromatic rings. The molecule has 0 spiro atoms. The molecule has 0 aliphatic carbocycles. The molecule has 0 radical (unpaired) electrons. The molecule has 0 bridgehead atoms. The van der Waals surface area contributed by atoms with E-state index in [-0.39, 0.29) is 29.8 Å². The van der Waals surface area contributed by atoms with Crippen LogP contribution < -0.4 is 0 Å². The average Bonchev–Trinajstić information content (AvgIpc) is 2.86. The van der Waals surface area contributed by atoms with Crippen molar-refractivity contribution < 1.29 is 23.1 Å². The second-order valence-corrected chi connectivity index (χ2v) is 9.24. The molecule has 0 unspecified atom stereocenters. The summed E-state index contributed by atoms with van der Waals surface area (Å²) in [5, 5.41) is 0. The van der Waals surface area contributed by atoms with Crippen molar-refractivity contribution in [1.82, 2.24) is 9.80 Å². The van der Waals surface area contributed by atoms with Crippen LogP contribution in [0.15, 0.2) is 48.5 Å². The Hall–Kier alpha value is -2.80. The number of nitrogens with zero attached hydrogens (tertiary/aromatic N) is 2. The van der Waals surface area contributed by atoms with E-state index < -0.39 is 11.6 Å². The Balaban J connectivity index is 1.50. The zero-order valence-corrected chi connectivity index (χ0v) is 19.6. The molecule has 7 heteroatoms. The Morgan fingerprint density at radius 1 is 1.00 bits per heavy atom. The molecule has 0 aromatic heterocycles. The van der Waals surface area contributed by atoms with Gasteiger partial charge in [0.25, 0.3) is 0 Å². The Bertz CT molecular complexity index is 1000. The van der Waals surface area contributed by atoms with Crippen LogP contribution in [0.2, 0.25) is 0 Å². The van der Waals surface area contributed by atoms with Crippen molar-refractivity contribution in [1.29, 1.82) is 0 Å². The highest BCUT2D eigenvalue weighted by atomic mass is 19.1. The Morgan fingerprint density at radius 2 is 1.79 bits per heavy atom. The van der Waals surface area contributed by atoms with E-state index in [9.17, 15) is 18.4 Å². The SMILES string of the molecule is CCOC(=O)[C@@H]1CCCN(C(=O)[C@@H]2CC[C@@H](c3ccccc3)N(Cc3ccc(F)cc3F)C2)C1. The number of halogens is 2. The fourth-order valence-electron chi connectivity index (χ4n) is 5.23. The van der Waals surface area contributed by atoms with Crippen LogP contribution in [0.5, 0.6) is 0 Å². The summed E-state index contributed by atoms with van der Waals surface area (Å²) in [6, 6.07) is 13.7. The minimum absolute atomic E-state index is 0.0448.